The third-order valence-corrected chi connectivity index (χ3v) is 7.13. The van der Waals surface area contributed by atoms with Gasteiger partial charge >= 0.3 is 0 Å². The van der Waals surface area contributed by atoms with E-state index >= 15 is 0 Å². The van der Waals surface area contributed by atoms with Crippen molar-refractivity contribution >= 4 is 23.3 Å². The van der Waals surface area contributed by atoms with Gasteiger partial charge in [-0.3, -0.25) is 9.59 Å². The average molecular weight is 472 g/mol. The summed E-state index contributed by atoms with van der Waals surface area (Å²) in [6.45, 7) is 5.56. The number of aryl methyl sites for hydroxylation is 2. The first-order chi connectivity index (χ1) is 15.8. The van der Waals surface area contributed by atoms with Crippen molar-refractivity contribution in [1.82, 2.24) is 4.90 Å². The van der Waals surface area contributed by atoms with Crippen LogP contribution in [0, 0.1) is 13.8 Å². The van der Waals surface area contributed by atoms with Crippen molar-refractivity contribution in [2.75, 3.05) is 26.8 Å². The molecule has 1 saturated heterocycles. The second-order valence-corrected chi connectivity index (χ2v) is 9.33. The van der Waals surface area contributed by atoms with Crippen molar-refractivity contribution in [3.05, 3.63) is 52.0 Å². The van der Waals surface area contributed by atoms with Crippen LogP contribution in [0.2, 0.25) is 5.02 Å². The van der Waals surface area contributed by atoms with Crippen LogP contribution >= 0.6 is 11.6 Å². The van der Waals surface area contributed by atoms with Gasteiger partial charge < -0.3 is 19.1 Å². The van der Waals surface area contributed by atoms with Crippen molar-refractivity contribution < 1.29 is 23.8 Å². The number of ketones is 1. The molecule has 2 aliphatic heterocycles. The van der Waals surface area contributed by atoms with Gasteiger partial charge in [-0.15, -0.1) is 0 Å². The van der Waals surface area contributed by atoms with Crippen LogP contribution in [0.3, 0.4) is 0 Å². The minimum Gasteiger partial charge on any atom is -0.497 e. The van der Waals surface area contributed by atoms with Crippen LogP contribution < -0.4 is 14.2 Å². The van der Waals surface area contributed by atoms with Gasteiger partial charge in [-0.05, 0) is 61.7 Å². The monoisotopic (exact) mass is 471 g/mol. The van der Waals surface area contributed by atoms with Crippen LogP contribution in [0.15, 0.2) is 30.3 Å². The average Bonchev–Trinajstić information content (AvgIpc) is 2.80. The van der Waals surface area contributed by atoms with Crippen LogP contribution in [-0.4, -0.2) is 49.0 Å². The molecule has 176 valence electrons. The Balaban J connectivity index is 1.26. The quantitative estimate of drug-likeness (QED) is 0.545. The number of amides is 1. The number of Topliss-reactive ketones (excluding diaryl/α,β-unsaturated/α-hetero) is 1. The maximum atomic E-state index is 12.8. The fraction of sp³-hybridized carbons (Fsp3) is 0.462. The van der Waals surface area contributed by atoms with Gasteiger partial charge in [0.1, 0.15) is 22.8 Å². The standard InChI is InChI=1S/C26H30ClNO5/c1-17-13-20(14-18(2)25(17)27)32-12-4-5-24(30)28-10-8-26(9-11-28)16-22(29)21-15-19(31-3)6-7-23(21)33-26/h6-7,13-15H,4-5,8-12,16H2,1-3H3. The molecule has 1 spiro atoms. The van der Waals surface area contributed by atoms with Crippen molar-refractivity contribution in [1.29, 1.82) is 0 Å². The Hall–Kier alpha value is -2.73. The van der Waals surface area contributed by atoms with E-state index in [2.05, 4.69) is 0 Å². The van der Waals surface area contributed by atoms with E-state index in [-0.39, 0.29) is 11.7 Å². The van der Waals surface area contributed by atoms with Crippen LogP contribution in [0.25, 0.3) is 0 Å². The lowest BCUT2D eigenvalue weighted by Gasteiger charge is -2.44. The van der Waals surface area contributed by atoms with Gasteiger partial charge in [0.25, 0.3) is 0 Å². The SMILES string of the molecule is COc1ccc2c(c1)C(=O)CC1(CCN(C(=O)CCCOc3cc(C)c(Cl)c(C)c3)CC1)O2. The summed E-state index contributed by atoms with van der Waals surface area (Å²) in [6.07, 6.45) is 2.71. The lowest BCUT2D eigenvalue weighted by molar-refractivity contribution is -0.135. The Morgan fingerprint density at radius 2 is 1.82 bits per heavy atom. The van der Waals surface area contributed by atoms with Gasteiger partial charge in [0, 0.05) is 37.4 Å². The first kappa shape index (κ1) is 23.4. The topological polar surface area (TPSA) is 65.1 Å². The van der Waals surface area contributed by atoms with Crippen LogP contribution in [0.5, 0.6) is 17.2 Å². The van der Waals surface area contributed by atoms with E-state index in [1.165, 1.54) is 0 Å². The van der Waals surface area contributed by atoms with Crippen molar-refractivity contribution in [2.45, 2.75) is 51.6 Å². The van der Waals surface area contributed by atoms with E-state index in [1.807, 2.05) is 30.9 Å². The summed E-state index contributed by atoms with van der Waals surface area (Å²) in [5.74, 6) is 2.21. The Labute approximate surface area is 199 Å². The van der Waals surface area contributed by atoms with Crippen molar-refractivity contribution in [2.24, 2.45) is 0 Å². The molecule has 4 rings (SSSR count). The molecule has 0 unspecified atom stereocenters. The van der Waals surface area contributed by atoms with E-state index in [0.717, 1.165) is 21.9 Å². The van der Waals surface area contributed by atoms with E-state index in [9.17, 15) is 9.59 Å². The molecule has 2 aromatic rings. The molecule has 1 amide bonds. The number of piperidine rings is 1. The third kappa shape index (κ3) is 5.11. The summed E-state index contributed by atoms with van der Waals surface area (Å²) in [4.78, 5) is 27.3. The molecule has 7 heteroatoms. The number of halogens is 1. The van der Waals surface area contributed by atoms with Crippen molar-refractivity contribution in [3.8, 4) is 17.2 Å². The zero-order valence-corrected chi connectivity index (χ0v) is 20.2. The number of hydrogen-bond acceptors (Lipinski definition) is 5. The van der Waals surface area contributed by atoms with Crippen molar-refractivity contribution in [3.63, 3.8) is 0 Å². The Kier molecular flexibility index (Phi) is 6.84. The second kappa shape index (κ2) is 9.64. The lowest BCUT2D eigenvalue weighted by atomic mass is 9.82. The normalized spacial score (nSPS) is 16.8. The molecular formula is C26H30ClNO5. The maximum absolute atomic E-state index is 12.8. The summed E-state index contributed by atoms with van der Waals surface area (Å²) in [7, 11) is 1.58. The Bertz CT molecular complexity index is 1040. The molecule has 6 nitrogen and oxygen atoms in total. The van der Waals surface area contributed by atoms with Gasteiger partial charge in [-0.25, -0.2) is 0 Å². The molecule has 0 radical (unpaired) electrons. The summed E-state index contributed by atoms with van der Waals surface area (Å²) in [6, 6.07) is 9.17. The fourth-order valence-corrected chi connectivity index (χ4v) is 4.71. The third-order valence-electron chi connectivity index (χ3n) is 6.54. The first-order valence-corrected chi connectivity index (χ1v) is 11.8. The number of fused-ring (bicyclic) bond motifs is 1. The predicted molar refractivity (Wildman–Crippen MR) is 127 cm³/mol. The Morgan fingerprint density at radius 1 is 1.12 bits per heavy atom. The van der Waals surface area contributed by atoms with Crippen LogP contribution in [-0.2, 0) is 4.79 Å². The lowest BCUT2D eigenvalue weighted by Crippen LogP contribution is -2.52. The molecule has 0 saturated carbocycles. The van der Waals surface area contributed by atoms with Crippen LogP contribution in [0.4, 0.5) is 0 Å². The fourth-order valence-electron chi connectivity index (χ4n) is 4.60. The van der Waals surface area contributed by atoms with Gasteiger partial charge in [-0.1, -0.05) is 11.6 Å². The number of carbonyl (C=O) groups excluding carboxylic acids is 2. The molecule has 0 N–H and O–H groups in total. The molecule has 0 atom stereocenters. The zero-order chi connectivity index (χ0) is 23.6. The summed E-state index contributed by atoms with van der Waals surface area (Å²) < 4.78 is 17.3. The molecule has 0 bridgehead atoms. The molecule has 2 aromatic carbocycles. The number of hydrogen-bond donors (Lipinski definition) is 0. The van der Waals surface area contributed by atoms with E-state index in [0.29, 0.717) is 68.9 Å². The molecule has 0 aliphatic carbocycles. The number of nitrogens with zero attached hydrogens (tertiary/aromatic N) is 1. The molecule has 0 aromatic heterocycles. The Morgan fingerprint density at radius 3 is 2.48 bits per heavy atom. The minimum absolute atomic E-state index is 0.0692. The molecule has 33 heavy (non-hydrogen) atoms. The molecule has 1 fully saturated rings. The smallest absolute Gasteiger partial charge is 0.222 e. The predicted octanol–water partition coefficient (Wildman–Crippen LogP) is 5.15. The first-order valence-electron chi connectivity index (χ1n) is 11.4. The van der Waals surface area contributed by atoms with E-state index in [4.69, 9.17) is 25.8 Å². The molecule has 2 heterocycles. The highest BCUT2D eigenvalue weighted by Crippen LogP contribution is 2.40. The highest BCUT2D eigenvalue weighted by atomic mass is 35.5. The van der Waals surface area contributed by atoms with Gasteiger partial charge in [-0.2, -0.15) is 0 Å². The van der Waals surface area contributed by atoms with E-state index in [1.54, 1.807) is 25.3 Å². The summed E-state index contributed by atoms with van der Waals surface area (Å²) in [5.41, 5.74) is 2.01. The summed E-state index contributed by atoms with van der Waals surface area (Å²) >= 11 is 6.20. The molecular weight excluding hydrogens is 442 g/mol. The van der Waals surface area contributed by atoms with Gasteiger partial charge in [0.2, 0.25) is 5.91 Å². The second-order valence-electron chi connectivity index (χ2n) is 8.95. The number of benzene rings is 2. The number of ether oxygens (including phenoxy) is 3. The van der Waals surface area contributed by atoms with Crippen LogP contribution in [0.1, 0.15) is 53.6 Å². The number of carbonyl (C=O) groups is 2. The zero-order valence-electron chi connectivity index (χ0n) is 19.4. The van der Waals surface area contributed by atoms with Gasteiger partial charge in [0.15, 0.2) is 5.78 Å². The highest BCUT2D eigenvalue weighted by Gasteiger charge is 2.43. The summed E-state index contributed by atoms with van der Waals surface area (Å²) in [5, 5.41) is 0.757. The largest absolute Gasteiger partial charge is 0.497 e. The highest BCUT2D eigenvalue weighted by molar-refractivity contribution is 6.32. The number of methoxy groups -OCH3 is 1. The van der Waals surface area contributed by atoms with Gasteiger partial charge in [0.05, 0.1) is 25.7 Å². The molecule has 2 aliphatic rings. The van der Waals surface area contributed by atoms with E-state index < -0.39 is 5.60 Å². The number of rotatable bonds is 6. The number of likely N-dealkylation sites (tertiary alicyclic amines) is 1. The minimum atomic E-state index is -0.525. The maximum Gasteiger partial charge on any atom is 0.222 e.